The number of rotatable bonds is 2. The summed E-state index contributed by atoms with van der Waals surface area (Å²) < 4.78 is 11.8. The number of amides is 1. The van der Waals surface area contributed by atoms with E-state index in [2.05, 4.69) is 5.32 Å². The molecule has 0 saturated carbocycles. The summed E-state index contributed by atoms with van der Waals surface area (Å²) in [5.41, 5.74) is 0. The van der Waals surface area contributed by atoms with Crippen molar-refractivity contribution >= 4 is 11.7 Å². The molecule has 11 heavy (non-hydrogen) atoms. The Labute approximate surface area is 64.0 Å². The van der Waals surface area contributed by atoms with E-state index in [9.17, 15) is 14.0 Å². The largest absolute Gasteiger partial charge is 0.352 e. The van der Waals surface area contributed by atoms with Gasteiger partial charge in [0.2, 0.25) is 5.91 Å². The van der Waals surface area contributed by atoms with E-state index in [4.69, 9.17) is 0 Å². The second-order valence-corrected chi connectivity index (χ2v) is 2.66. The summed E-state index contributed by atoms with van der Waals surface area (Å²) in [7, 11) is 0. The van der Waals surface area contributed by atoms with Crippen molar-refractivity contribution in [2.75, 3.05) is 6.67 Å². The maximum atomic E-state index is 11.8. The lowest BCUT2D eigenvalue weighted by molar-refractivity contribution is -0.132. The summed E-state index contributed by atoms with van der Waals surface area (Å²) in [6.45, 7) is -0.488. The fourth-order valence-corrected chi connectivity index (χ4v) is 1.16. The van der Waals surface area contributed by atoms with Crippen LogP contribution in [0, 0.1) is 0 Å². The molecule has 1 amide bonds. The van der Waals surface area contributed by atoms with Gasteiger partial charge < -0.3 is 5.32 Å². The van der Waals surface area contributed by atoms with Crippen molar-refractivity contribution in [2.45, 2.75) is 25.3 Å². The van der Waals surface area contributed by atoms with E-state index in [0.29, 0.717) is 0 Å². The normalized spacial score (nSPS) is 25.0. The van der Waals surface area contributed by atoms with E-state index in [0.717, 1.165) is 0 Å². The summed E-state index contributed by atoms with van der Waals surface area (Å²) in [6, 6.07) is -0.270. The topological polar surface area (TPSA) is 46.2 Å². The third kappa shape index (κ3) is 2.29. The zero-order valence-corrected chi connectivity index (χ0v) is 6.10. The summed E-state index contributed by atoms with van der Waals surface area (Å²) in [5, 5.41) is 2.55. The van der Waals surface area contributed by atoms with Crippen LogP contribution in [0.15, 0.2) is 0 Å². The lowest BCUT2D eigenvalue weighted by atomic mass is 10.0. The number of alkyl halides is 1. The predicted octanol–water partition coefficient (Wildman–Crippen LogP) is 0.194. The van der Waals surface area contributed by atoms with E-state index in [1.54, 1.807) is 0 Å². The first kappa shape index (κ1) is 8.17. The molecular formula is C7H10FNO2. The Kier molecular flexibility index (Phi) is 2.57. The molecular weight excluding hydrogens is 149 g/mol. The monoisotopic (exact) mass is 159 g/mol. The molecule has 1 fully saturated rings. The highest BCUT2D eigenvalue weighted by Crippen LogP contribution is 2.07. The van der Waals surface area contributed by atoms with Crippen LogP contribution in [0.25, 0.3) is 0 Å². The molecule has 1 aliphatic heterocycles. The number of halogens is 1. The minimum Gasteiger partial charge on any atom is -0.352 e. The number of Topliss-reactive ketones (excluding diaryl/α,β-unsaturated/α-hetero) is 1. The summed E-state index contributed by atoms with van der Waals surface area (Å²) in [4.78, 5) is 21.5. The van der Waals surface area contributed by atoms with E-state index in [1.807, 2.05) is 0 Å². The first-order valence-electron chi connectivity index (χ1n) is 3.59. The molecule has 0 bridgehead atoms. The highest BCUT2D eigenvalue weighted by molar-refractivity contribution is 6.00. The molecule has 0 radical (unpaired) electrons. The van der Waals surface area contributed by atoms with Crippen molar-refractivity contribution < 1.29 is 14.0 Å². The Morgan fingerprint density at radius 1 is 1.55 bits per heavy atom. The SMILES string of the molecule is O=C1CC(=O)NC(CCF)C1. The molecule has 1 rings (SSSR count). The first-order chi connectivity index (χ1) is 5.22. The highest BCUT2D eigenvalue weighted by Gasteiger charge is 2.23. The zero-order chi connectivity index (χ0) is 8.27. The minimum absolute atomic E-state index is 0.0389. The van der Waals surface area contributed by atoms with Crippen LogP contribution in [0.1, 0.15) is 19.3 Å². The van der Waals surface area contributed by atoms with Crippen molar-refractivity contribution in [3.8, 4) is 0 Å². The van der Waals surface area contributed by atoms with Gasteiger partial charge in [-0.1, -0.05) is 0 Å². The van der Waals surface area contributed by atoms with Gasteiger partial charge in [0.25, 0.3) is 0 Å². The van der Waals surface area contributed by atoms with Gasteiger partial charge in [0.15, 0.2) is 0 Å². The molecule has 0 aromatic rings. The molecule has 62 valence electrons. The van der Waals surface area contributed by atoms with Crippen LogP contribution in [0.4, 0.5) is 4.39 Å². The number of carbonyl (C=O) groups is 2. The van der Waals surface area contributed by atoms with Gasteiger partial charge in [-0.2, -0.15) is 0 Å². The van der Waals surface area contributed by atoms with Gasteiger partial charge in [-0.25, -0.2) is 0 Å². The Morgan fingerprint density at radius 3 is 2.82 bits per heavy atom. The number of piperidine rings is 1. The summed E-state index contributed by atoms with van der Waals surface area (Å²) in [6.07, 6.45) is 0.496. The van der Waals surface area contributed by atoms with Crippen molar-refractivity contribution in [2.24, 2.45) is 0 Å². The van der Waals surface area contributed by atoms with Crippen molar-refractivity contribution in [3.05, 3.63) is 0 Å². The third-order valence-electron chi connectivity index (χ3n) is 1.65. The Hall–Kier alpha value is -0.930. The molecule has 0 aromatic heterocycles. The highest BCUT2D eigenvalue weighted by atomic mass is 19.1. The Morgan fingerprint density at radius 2 is 2.27 bits per heavy atom. The second-order valence-electron chi connectivity index (χ2n) is 2.66. The van der Waals surface area contributed by atoms with Crippen LogP contribution < -0.4 is 5.32 Å². The third-order valence-corrected chi connectivity index (χ3v) is 1.65. The molecule has 0 aromatic carbocycles. The van der Waals surface area contributed by atoms with Gasteiger partial charge in [-0.05, 0) is 6.42 Å². The quantitative estimate of drug-likeness (QED) is 0.585. The molecule has 1 saturated heterocycles. The molecule has 1 heterocycles. The fraction of sp³-hybridized carbons (Fsp3) is 0.714. The maximum absolute atomic E-state index is 11.8. The number of carbonyl (C=O) groups excluding carboxylic acids is 2. The van der Waals surface area contributed by atoms with Crippen LogP contribution in [0.3, 0.4) is 0 Å². The van der Waals surface area contributed by atoms with E-state index in [-0.39, 0.29) is 37.0 Å². The standard InChI is InChI=1S/C7H10FNO2/c8-2-1-5-3-6(10)4-7(11)9-5/h5H,1-4H2,(H,9,11). The van der Waals surface area contributed by atoms with E-state index < -0.39 is 6.67 Å². The molecule has 3 nitrogen and oxygen atoms in total. The fourth-order valence-electron chi connectivity index (χ4n) is 1.16. The van der Waals surface area contributed by atoms with Crippen LogP contribution in [0.2, 0.25) is 0 Å². The smallest absolute Gasteiger partial charge is 0.227 e. The van der Waals surface area contributed by atoms with Crippen molar-refractivity contribution in [1.29, 1.82) is 0 Å². The van der Waals surface area contributed by atoms with Gasteiger partial charge in [-0.15, -0.1) is 0 Å². The average molecular weight is 159 g/mol. The van der Waals surface area contributed by atoms with E-state index >= 15 is 0 Å². The first-order valence-corrected chi connectivity index (χ1v) is 3.59. The molecule has 1 unspecified atom stereocenters. The Bertz CT molecular complexity index is 165. The molecule has 1 N–H and O–H groups in total. The van der Waals surface area contributed by atoms with Crippen LogP contribution in [-0.2, 0) is 9.59 Å². The molecule has 0 spiro atoms. The lowest BCUT2D eigenvalue weighted by Crippen LogP contribution is -2.42. The lowest BCUT2D eigenvalue weighted by Gasteiger charge is -2.20. The number of ketones is 1. The van der Waals surface area contributed by atoms with Crippen molar-refractivity contribution in [1.82, 2.24) is 5.32 Å². The van der Waals surface area contributed by atoms with Crippen LogP contribution >= 0.6 is 0 Å². The van der Waals surface area contributed by atoms with Crippen molar-refractivity contribution in [3.63, 3.8) is 0 Å². The number of hydrogen-bond donors (Lipinski definition) is 1. The summed E-state index contributed by atoms with van der Waals surface area (Å²) in [5.74, 6) is -0.369. The predicted molar refractivity (Wildman–Crippen MR) is 36.8 cm³/mol. The molecule has 0 aliphatic carbocycles. The molecule has 4 heteroatoms. The zero-order valence-electron chi connectivity index (χ0n) is 6.10. The number of hydrogen-bond acceptors (Lipinski definition) is 2. The number of nitrogens with one attached hydrogen (secondary N) is 1. The van der Waals surface area contributed by atoms with Gasteiger partial charge in [0.05, 0.1) is 13.1 Å². The maximum Gasteiger partial charge on any atom is 0.227 e. The summed E-state index contributed by atoms with van der Waals surface area (Å²) >= 11 is 0. The minimum atomic E-state index is -0.488. The average Bonchev–Trinajstić information content (AvgIpc) is 1.85. The van der Waals surface area contributed by atoms with E-state index in [1.165, 1.54) is 0 Å². The second kappa shape index (κ2) is 3.46. The van der Waals surface area contributed by atoms with Crippen LogP contribution in [0.5, 0.6) is 0 Å². The van der Waals surface area contributed by atoms with Gasteiger partial charge in [-0.3, -0.25) is 14.0 Å². The van der Waals surface area contributed by atoms with Gasteiger partial charge in [0.1, 0.15) is 5.78 Å². The molecule has 1 atom stereocenters. The van der Waals surface area contributed by atoms with Crippen LogP contribution in [-0.4, -0.2) is 24.4 Å². The van der Waals surface area contributed by atoms with Gasteiger partial charge >= 0.3 is 0 Å². The van der Waals surface area contributed by atoms with Gasteiger partial charge in [0, 0.05) is 12.5 Å². The molecule has 1 aliphatic rings. The Balaban J connectivity index is 2.43.